The highest BCUT2D eigenvalue weighted by Gasteiger charge is 2.21. The van der Waals surface area contributed by atoms with Crippen molar-refractivity contribution in [2.45, 2.75) is 31.7 Å². The molecule has 0 spiro atoms. The summed E-state index contributed by atoms with van der Waals surface area (Å²) >= 11 is 7.97. The summed E-state index contributed by atoms with van der Waals surface area (Å²) in [5.74, 6) is 0. The molecule has 4 heteroatoms. The maximum Gasteiger partial charge on any atom is 0.0976 e. The van der Waals surface area contributed by atoms with Gasteiger partial charge < -0.3 is 5.73 Å². The molecule has 3 rings (SSSR count). The molecule has 1 aromatic carbocycles. The van der Waals surface area contributed by atoms with E-state index in [0.29, 0.717) is 0 Å². The number of benzene rings is 1. The molecule has 94 valence electrons. The lowest BCUT2D eigenvalue weighted by Gasteiger charge is -2.15. The van der Waals surface area contributed by atoms with Crippen molar-refractivity contribution < 1.29 is 0 Å². The van der Waals surface area contributed by atoms with Crippen LogP contribution in [-0.2, 0) is 12.8 Å². The third-order valence-electron chi connectivity index (χ3n) is 3.34. The summed E-state index contributed by atoms with van der Waals surface area (Å²) in [4.78, 5) is 6.07. The van der Waals surface area contributed by atoms with Gasteiger partial charge in [0, 0.05) is 22.4 Å². The second-order valence-corrected chi connectivity index (χ2v) is 6.26. The topological polar surface area (TPSA) is 38.9 Å². The number of aromatic nitrogens is 1. The van der Waals surface area contributed by atoms with E-state index >= 15 is 0 Å². The Kier molecular flexibility index (Phi) is 3.37. The highest BCUT2D eigenvalue weighted by molar-refractivity contribution is 7.11. The van der Waals surface area contributed by atoms with Crippen molar-refractivity contribution in [1.29, 1.82) is 0 Å². The first kappa shape index (κ1) is 12.2. The summed E-state index contributed by atoms with van der Waals surface area (Å²) in [6, 6.07) is 8.08. The molecule has 2 nitrogen and oxygen atoms in total. The van der Waals surface area contributed by atoms with E-state index in [1.807, 2.05) is 18.2 Å². The molecule has 1 atom stereocenters. The Hall–Kier alpha value is -0.900. The molecule has 0 bridgehead atoms. The Labute approximate surface area is 116 Å². The van der Waals surface area contributed by atoms with Crippen LogP contribution >= 0.6 is 22.9 Å². The number of nitrogens with zero attached hydrogens (tertiary/aromatic N) is 1. The van der Waals surface area contributed by atoms with Crippen LogP contribution in [0.25, 0.3) is 0 Å². The summed E-state index contributed by atoms with van der Waals surface area (Å²) in [5.41, 5.74) is 8.36. The molecule has 0 saturated heterocycles. The van der Waals surface area contributed by atoms with Crippen LogP contribution in [0, 0.1) is 0 Å². The number of hydrogen-bond acceptors (Lipinski definition) is 3. The molecule has 1 aliphatic rings. The van der Waals surface area contributed by atoms with Crippen LogP contribution in [0.4, 0.5) is 0 Å². The van der Waals surface area contributed by atoms with Crippen LogP contribution in [0.3, 0.4) is 0 Å². The lowest BCUT2D eigenvalue weighted by Crippen LogP contribution is -2.16. The average Bonchev–Trinajstić information content (AvgIpc) is 2.76. The van der Waals surface area contributed by atoms with Gasteiger partial charge in [0.1, 0.15) is 0 Å². The van der Waals surface area contributed by atoms with E-state index in [2.05, 4.69) is 6.07 Å². The van der Waals surface area contributed by atoms with Crippen molar-refractivity contribution in [3.8, 4) is 0 Å². The van der Waals surface area contributed by atoms with E-state index in [-0.39, 0.29) is 6.04 Å². The molecular formula is C14H15ClN2S. The van der Waals surface area contributed by atoms with Crippen LogP contribution in [-0.4, -0.2) is 4.98 Å². The Morgan fingerprint density at radius 2 is 2.22 bits per heavy atom. The largest absolute Gasteiger partial charge is 0.323 e. The Morgan fingerprint density at radius 1 is 1.39 bits per heavy atom. The third-order valence-corrected chi connectivity index (χ3v) is 4.84. The van der Waals surface area contributed by atoms with Gasteiger partial charge >= 0.3 is 0 Å². The lowest BCUT2D eigenvalue weighted by molar-refractivity contribution is 0.562. The van der Waals surface area contributed by atoms with Crippen molar-refractivity contribution in [3.63, 3.8) is 0 Å². The minimum atomic E-state index is 0.130. The van der Waals surface area contributed by atoms with E-state index in [4.69, 9.17) is 22.3 Å². The average molecular weight is 279 g/mol. The summed E-state index contributed by atoms with van der Waals surface area (Å²) in [7, 11) is 0. The molecular weight excluding hydrogens is 264 g/mol. The van der Waals surface area contributed by atoms with E-state index < -0.39 is 0 Å². The van der Waals surface area contributed by atoms with Gasteiger partial charge in [-0.3, -0.25) is 0 Å². The van der Waals surface area contributed by atoms with Crippen molar-refractivity contribution in [2.75, 3.05) is 0 Å². The first-order valence-electron chi connectivity index (χ1n) is 6.21. The first-order chi connectivity index (χ1) is 8.74. The van der Waals surface area contributed by atoms with Gasteiger partial charge in [0.05, 0.1) is 10.7 Å². The molecule has 0 saturated carbocycles. The fraction of sp³-hybridized carbons (Fsp3) is 0.357. The fourth-order valence-electron chi connectivity index (χ4n) is 2.38. The highest BCUT2D eigenvalue weighted by Crippen LogP contribution is 2.33. The fourth-order valence-corrected chi connectivity index (χ4v) is 3.79. The Bertz CT molecular complexity index is 565. The molecule has 0 amide bonds. The minimum Gasteiger partial charge on any atom is -0.323 e. The zero-order valence-corrected chi connectivity index (χ0v) is 11.6. The van der Waals surface area contributed by atoms with Crippen molar-refractivity contribution in [3.05, 3.63) is 50.4 Å². The molecule has 1 aromatic heterocycles. The number of halogens is 1. The molecule has 18 heavy (non-hydrogen) atoms. The minimum absolute atomic E-state index is 0.130. The molecule has 1 unspecified atom stereocenters. The summed E-state index contributed by atoms with van der Waals surface area (Å²) in [6.45, 7) is 0. The zero-order chi connectivity index (χ0) is 12.5. The van der Waals surface area contributed by atoms with Gasteiger partial charge in [0.25, 0.3) is 0 Å². The third kappa shape index (κ3) is 2.30. The van der Waals surface area contributed by atoms with Gasteiger partial charge in [0.2, 0.25) is 0 Å². The standard InChI is InChI=1S/C14H15ClN2S/c15-10-5-2-1-4-9(10)8-13-17-14-11(16)6-3-7-12(14)18-13/h1-2,4-5,11H,3,6-8,16H2. The van der Waals surface area contributed by atoms with Gasteiger partial charge in [-0.2, -0.15) is 0 Å². The van der Waals surface area contributed by atoms with Crippen LogP contribution in [0.5, 0.6) is 0 Å². The predicted molar refractivity (Wildman–Crippen MR) is 76.2 cm³/mol. The number of fused-ring (bicyclic) bond motifs is 1. The van der Waals surface area contributed by atoms with Crippen LogP contribution in [0.15, 0.2) is 24.3 Å². The summed E-state index contributed by atoms with van der Waals surface area (Å²) in [6.07, 6.45) is 4.18. The zero-order valence-electron chi connectivity index (χ0n) is 10.0. The van der Waals surface area contributed by atoms with Crippen molar-refractivity contribution >= 4 is 22.9 Å². The Balaban J connectivity index is 1.88. The lowest BCUT2D eigenvalue weighted by atomic mass is 9.99. The van der Waals surface area contributed by atoms with E-state index in [9.17, 15) is 0 Å². The van der Waals surface area contributed by atoms with Gasteiger partial charge in [-0.15, -0.1) is 11.3 Å². The molecule has 1 aliphatic carbocycles. The van der Waals surface area contributed by atoms with Crippen molar-refractivity contribution in [2.24, 2.45) is 5.73 Å². The molecule has 1 heterocycles. The normalized spacial score (nSPS) is 18.7. The first-order valence-corrected chi connectivity index (χ1v) is 7.41. The van der Waals surface area contributed by atoms with Crippen molar-refractivity contribution in [1.82, 2.24) is 4.98 Å². The second-order valence-electron chi connectivity index (χ2n) is 4.68. The van der Waals surface area contributed by atoms with E-state index in [1.165, 1.54) is 11.3 Å². The second kappa shape index (κ2) is 5.00. The van der Waals surface area contributed by atoms with Gasteiger partial charge in [-0.05, 0) is 30.9 Å². The van der Waals surface area contributed by atoms with Crippen LogP contribution < -0.4 is 5.73 Å². The van der Waals surface area contributed by atoms with Gasteiger partial charge in [-0.25, -0.2) is 4.98 Å². The number of hydrogen-bond donors (Lipinski definition) is 1. The van der Waals surface area contributed by atoms with Gasteiger partial charge in [0.15, 0.2) is 0 Å². The molecule has 0 aliphatic heterocycles. The Morgan fingerprint density at radius 3 is 3.00 bits per heavy atom. The van der Waals surface area contributed by atoms with E-state index in [1.54, 1.807) is 11.3 Å². The maximum atomic E-state index is 6.18. The smallest absolute Gasteiger partial charge is 0.0976 e. The van der Waals surface area contributed by atoms with Crippen LogP contribution in [0.1, 0.15) is 40.0 Å². The molecule has 2 aromatic rings. The maximum absolute atomic E-state index is 6.18. The highest BCUT2D eigenvalue weighted by atomic mass is 35.5. The number of rotatable bonds is 2. The van der Waals surface area contributed by atoms with E-state index in [0.717, 1.165) is 40.6 Å². The molecule has 2 N–H and O–H groups in total. The monoisotopic (exact) mass is 278 g/mol. The van der Waals surface area contributed by atoms with Gasteiger partial charge in [-0.1, -0.05) is 29.8 Å². The summed E-state index contributed by atoms with van der Waals surface area (Å²) in [5, 5.41) is 1.94. The number of thiazole rings is 1. The van der Waals surface area contributed by atoms with Crippen LogP contribution in [0.2, 0.25) is 5.02 Å². The SMILES string of the molecule is NC1CCCc2sc(Cc3ccccc3Cl)nc21. The predicted octanol–water partition coefficient (Wildman–Crippen LogP) is 3.72. The number of nitrogens with two attached hydrogens (primary N) is 1. The number of aryl methyl sites for hydroxylation is 1. The summed E-state index contributed by atoms with van der Waals surface area (Å²) < 4.78 is 0. The molecule has 0 fully saturated rings. The molecule has 0 radical (unpaired) electrons. The quantitative estimate of drug-likeness (QED) is 0.909.